The van der Waals surface area contributed by atoms with E-state index in [9.17, 15) is 9.59 Å². The fourth-order valence-electron chi connectivity index (χ4n) is 3.20. The number of nitrogens with one attached hydrogen (secondary N) is 1. The summed E-state index contributed by atoms with van der Waals surface area (Å²) in [7, 11) is 1.60. The van der Waals surface area contributed by atoms with Crippen molar-refractivity contribution in [3.05, 3.63) is 82.0 Å². The van der Waals surface area contributed by atoms with Gasteiger partial charge < -0.3 is 19.7 Å². The number of nitrogens with zero attached hydrogens (tertiary/aromatic N) is 1. The molecule has 0 aliphatic rings. The monoisotopic (exact) mass is 452 g/mol. The Morgan fingerprint density at radius 1 is 1.00 bits per heavy atom. The molecule has 0 saturated heterocycles. The van der Waals surface area contributed by atoms with Gasteiger partial charge in [-0.15, -0.1) is 11.3 Å². The molecule has 0 aliphatic carbocycles. The van der Waals surface area contributed by atoms with E-state index in [0.29, 0.717) is 31.2 Å². The van der Waals surface area contributed by atoms with Gasteiger partial charge in [0, 0.05) is 18.0 Å². The summed E-state index contributed by atoms with van der Waals surface area (Å²) in [6, 6.07) is 19.1. The summed E-state index contributed by atoms with van der Waals surface area (Å²) in [5, 5.41) is 4.73. The van der Waals surface area contributed by atoms with Crippen LogP contribution < -0.4 is 14.8 Å². The van der Waals surface area contributed by atoms with Crippen LogP contribution in [-0.4, -0.2) is 36.9 Å². The molecule has 0 aliphatic heterocycles. The third-order valence-electron chi connectivity index (χ3n) is 4.93. The fourth-order valence-corrected chi connectivity index (χ4v) is 3.82. The Kier molecular flexibility index (Phi) is 8.69. The molecule has 32 heavy (non-hydrogen) atoms. The van der Waals surface area contributed by atoms with Crippen molar-refractivity contribution < 1.29 is 19.1 Å². The van der Waals surface area contributed by atoms with Crippen molar-refractivity contribution in [1.82, 2.24) is 10.2 Å². The summed E-state index contributed by atoms with van der Waals surface area (Å²) in [4.78, 5) is 27.6. The van der Waals surface area contributed by atoms with Gasteiger partial charge in [0.1, 0.15) is 6.61 Å². The summed E-state index contributed by atoms with van der Waals surface area (Å²) in [6.45, 7) is 3.32. The highest BCUT2D eigenvalue weighted by molar-refractivity contribution is 7.09. The molecular weight excluding hydrogens is 424 g/mol. The minimum atomic E-state index is -0.172. The van der Waals surface area contributed by atoms with E-state index in [1.54, 1.807) is 23.3 Å². The van der Waals surface area contributed by atoms with Crippen molar-refractivity contribution in [3.63, 3.8) is 0 Å². The van der Waals surface area contributed by atoms with E-state index in [2.05, 4.69) is 5.32 Å². The third-order valence-corrected chi connectivity index (χ3v) is 5.78. The van der Waals surface area contributed by atoms with Gasteiger partial charge in [-0.25, -0.2) is 0 Å². The highest BCUT2D eigenvalue weighted by Gasteiger charge is 2.15. The minimum Gasteiger partial charge on any atom is -0.493 e. The van der Waals surface area contributed by atoms with Gasteiger partial charge in [0.15, 0.2) is 11.5 Å². The lowest BCUT2D eigenvalue weighted by Crippen LogP contribution is -2.40. The van der Waals surface area contributed by atoms with Crippen LogP contribution in [0, 0.1) is 0 Å². The van der Waals surface area contributed by atoms with Gasteiger partial charge in [-0.05, 0) is 41.6 Å². The summed E-state index contributed by atoms with van der Waals surface area (Å²) < 4.78 is 11.4. The molecule has 7 heteroatoms. The Morgan fingerprint density at radius 3 is 2.50 bits per heavy atom. The second kappa shape index (κ2) is 11.9. The topological polar surface area (TPSA) is 67.9 Å². The number of hydrogen-bond acceptors (Lipinski definition) is 5. The number of rotatable bonds is 11. The molecule has 3 rings (SSSR count). The molecule has 2 amide bonds. The number of amides is 2. The largest absolute Gasteiger partial charge is 0.493 e. The van der Waals surface area contributed by atoms with E-state index < -0.39 is 0 Å². The second-order valence-electron chi connectivity index (χ2n) is 7.20. The van der Waals surface area contributed by atoms with Crippen LogP contribution in [0.1, 0.15) is 22.9 Å². The van der Waals surface area contributed by atoms with E-state index in [-0.39, 0.29) is 24.8 Å². The number of likely N-dealkylation sites (N-methyl/N-ethyl adjacent to an activating group) is 1. The van der Waals surface area contributed by atoms with Crippen LogP contribution in [0.5, 0.6) is 11.5 Å². The normalized spacial score (nSPS) is 10.4. The molecule has 0 radical (unpaired) electrons. The maximum absolute atomic E-state index is 12.6. The molecule has 0 unspecified atom stereocenters. The van der Waals surface area contributed by atoms with Crippen molar-refractivity contribution in [2.24, 2.45) is 0 Å². The first-order valence-corrected chi connectivity index (χ1v) is 11.4. The van der Waals surface area contributed by atoms with Crippen LogP contribution in [0.15, 0.2) is 66.0 Å². The molecule has 0 fully saturated rings. The highest BCUT2D eigenvalue weighted by atomic mass is 32.1. The van der Waals surface area contributed by atoms with Crippen LogP contribution in [0.3, 0.4) is 0 Å². The van der Waals surface area contributed by atoms with Crippen LogP contribution >= 0.6 is 11.3 Å². The SMILES string of the molecule is CCN(Cc1ccc(OCc2cccs2)c(OC)c1)C(=O)CNC(=O)Cc1ccccc1. The smallest absolute Gasteiger partial charge is 0.242 e. The van der Waals surface area contributed by atoms with E-state index in [4.69, 9.17) is 9.47 Å². The number of benzene rings is 2. The molecule has 0 saturated carbocycles. The first kappa shape index (κ1) is 23.3. The van der Waals surface area contributed by atoms with Crippen molar-refractivity contribution >= 4 is 23.2 Å². The predicted octanol–water partition coefficient (Wildman–Crippen LogP) is 4.04. The molecule has 1 N–H and O–H groups in total. The van der Waals surface area contributed by atoms with Crippen molar-refractivity contribution in [3.8, 4) is 11.5 Å². The summed E-state index contributed by atoms with van der Waals surface area (Å²) in [5.74, 6) is 0.978. The van der Waals surface area contributed by atoms with Crippen LogP contribution in [0.25, 0.3) is 0 Å². The second-order valence-corrected chi connectivity index (χ2v) is 8.23. The zero-order chi connectivity index (χ0) is 22.8. The molecule has 1 heterocycles. The molecule has 3 aromatic rings. The molecule has 2 aromatic carbocycles. The fraction of sp³-hybridized carbons (Fsp3) is 0.280. The highest BCUT2D eigenvalue weighted by Crippen LogP contribution is 2.29. The Bertz CT molecular complexity index is 1010. The van der Waals surface area contributed by atoms with Gasteiger partial charge in [0.2, 0.25) is 11.8 Å². The van der Waals surface area contributed by atoms with Gasteiger partial charge in [0.05, 0.1) is 20.1 Å². The molecular formula is C25H28N2O4S. The van der Waals surface area contributed by atoms with Crippen LogP contribution in [-0.2, 0) is 29.2 Å². The maximum atomic E-state index is 12.6. The zero-order valence-corrected chi connectivity index (χ0v) is 19.2. The Balaban J connectivity index is 1.54. The lowest BCUT2D eigenvalue weighted by molar-refractivity contribution is -0.133. The van der Waals surface area contributed by atoms with Gasteiger partial charge in [0.25, 0.3) is 0 Å². The Morgan fingerprint density at radius 2 is 1.81 bits per heavy atom. The first-order valence-electron chi connectivity index (χ1n) is 10.5. The zero-order valence-electron chi connectivity index (χ0n) is 18.4. The summed E-state index contributed by atoms with van der Waals surface area (Å²) in [6.07, 6.45) is 0.254. The van der Waals surface area contributed by atoms with E-state index >= 15 is 0 Å². The number of thiophene rings is 1. The van der Waals surface area contributed by atoms with E-state index in [1.165, 1.54) is 0 Å². The lowest BCUT2D eigenvalue weighted by atomic mass is 10.1. The number of ether oxygens (including phenoxy) is 2. The number of carbonyl (C=O) groups is 2. The minimum absolute atomic E-state index is 0.0291. The predicted molar refractivity (Wildman–Crippen MR) is 126 cm³/mol. The molecule has 1 aromatic heterocycles. The first-order chi connectivity index (χ1) is 15.6. The van der Waals surface area contributed by atoms with E-state index in [1.807, 2.05) is 73.0 Å². The lowest BCUT2D eigenvalue weighted by Gasteiger charge is -2.22. The van der Waals surface area contributed by atoms with Gasteiger partial charge >= 0.3 is 0 Å². The molecule has 0 bridgehead atoms. The summed E-state index contributed by atoms with van der Waals surface area (Å²) in [5.41, 5.74) is 1.84. The van der Waals surface area contributed by atoms with Crippen molar-refractivity contribution in [1.29, 1.82) is 0 Å². The molecule has 6 nitrogen and oxygen atoms in total. The molecule has 0 atom stereocenters. The standard InChI is InChI=1S/C25H28N2O4S/c1-3-27(25(29)16-26-24(28)15-19-8-5-4-6-9-19)17-20-11-12-22(23(14-20)30-2)31-18-21-10-7-13-32-21/h4-14H,3,15-18H2,1-2H3,(H,26,28). The van der Waals surface area contributed by atoms with Crippen molar-refractivity contribution in [2.45, 2.75) is 26.5 Å². The quantitative estimate of drug-likeness (QED) is 0.477. The van der Waals surface area contributed by atoms with Gasteiger partial charge in [-0.3, -0.25) is 9.59 Å². The Hall–Kier alpha value is -3.32. The average molecular weight is 453 g/mol. The van der Waals surface area contributed by atoms with Crippen LogP contribution in [0.2, 0.25) is 0 Å². The molecule has 0 spiro atoms. The van der Waals surface area contributed by atoms with Crippen molar-refractivity contribution in [2.75, 3.05) is 20.2 Å². The maximum Gasteiger partial charge on any atom is 0.242 e. The van der Waals surface area contributed by atoms with Crippen LogP contribution in [0.4, 0.5) is 0 Å². The Labute approximate surface area is 192 Å². The number of carbonyl (C=O) groups excluding carboxylic acids is 2. The van der Waals surface area contributed by atoms with E-state index in [0.717, 1.165) is 16.0 Å². The third kappa shape index (κ3) is 6.85. The number of methoxy groups -OCH3 is 1. The summed E-state index contributed by atoms with van der Waals surface area (Å²) >= 11 is 1.64. The van der Waals surface area contributed by atoms with Gasteiger partial charge in [-0.1, -0.05) is 42.5 Å². The average Bonchev–Trinajstić information content (AvgIpc) is 3.34. The number of hydrogen-bond donors (Lipinski definition) is 1. The molecule has 168 valence electrons. The van der Waals surface area contributed by atoms with Gasteiger partial charge in [-0.2, -0.15) is 0 Å².